The fourth-order valence-electron chi connectivity index (χ4n) is 1.65. The second-order valence-corrected chi connectivity index (χ2v) is 4.36. The molecule has 2 N–H and O–H groups in total. The van der Waals surface area contributed by atoms with Gasteiger partial charge < -0.3 is 15.5 Å². The first-order chi connectivity index (χ1) is 8.09. The number of nitrogens with two attached hydrogens (primary N) is 1. The number of likely N-dealkylation sites (N-methyl/N-ethyl adjacent to an activating group) is 2. The molecular weight excluding hydrogens is 218 g/mol. The number of hydrogen-bond acceptors (Lipinski definition) is 6. The molecule has 0 bridgehead atoms. The molecule has 0 atom stereocenters. The van der Waals surface area contributed by atoms with Crippen molar-refractivity contribution in [3.63, 3.8) is 0 Å². The molecule has 1 heterocycles. The summed E-state index contributed by atoms with van der Waals surface area (Å²) in [5.41, 5.74) is 8.71. The van der Waals surface area contributed by atoms with Crippen molar-refractivity contribution in [1.29, 1.82) is 0 Å². The zero-order valence-corrected chi connectivity index (χ0v) is 10.3. The lowest BCUT2D eigenvalue weighted by molar-refractivity contribution is 0.315. The maximum Gasteiger partial charge on any atom is 0.160 e. The quantitative estimate of drug-likeness (QED) is 0.790. The topological polar surface area (TPSA) is 71.4 Å². The third-order valence-electron chi connectivity index (χ3n) is 2.72. The number of aromatic nitrogens is 2. The van der Waals surface area contributed by atoms with Crippen molar-refractivity contribution in [2.75, 3.05) is 44.9 Å². The Bertz CT molecular complexity index is 508. The summed E-state index contributed by atoms with van der Waals surface area (Å²) in [4.78, 5) is 4.25. The maximum absolute atomic E-state index is 5.80. The molecule has 6 heteroatoms. The van der Waals surface area contributed by atoms with Gasteiger partial charge in [-0.15, -0.1) is 0 Å². The van der Waals surface area contributed by atoms with Gasteiger partial charge in [0.25, 0.3) is 0 Å². The van der Waals surface area contributed by atoms with Crippen molar-refractivity contribution in [2.45, 2.75) is 0 Å². The highest BCUT2D eigenvalue weighted by Crippen LogP contribution is 2.27. The Hall–Kier alpha value is -1.82. The normalized spacial score (nSPS) is 11.3. The van der Waals surface area contributed by atoms with Crippen molar-refractivity contribution >= 4 is 22.4 Å². The summed E-state index contributed by atoms with van der Waals surface area (Å²) in [5, 5.41) is 7.71. The second-order valence-electron chi connectivity index (χ2n) is 4.36. The Kier molecular flexibility index (Phi) is 3.14. The monoisotopic (exact) mass is 235 g/mol. The number of fused-ring (bicyclic) bond motifs is 1. The minimum atomic E-state index is 0.589. The van der Waals surface area contributed by atoms with Crippen LogP contribution in [-0.2, 0) is 0 Å². The molecule has 0 saturated carbocycles. The third-order valence-corrected chi connectivity index (χ3v) is 2.72. The van der Waals surface area contributed by atoms with E-state index in [0.29, 0.717) is 16.7 Å². The fourth-order valence-corrected chi connectivity index (χ4v) is 1.65. The molecule has 1 aromatic heterocycles. The van der Waals surface area contributed by atoms with Crippen LogP contribution in [0.3, 0.4) is 0 Å². The Morgan fingerprint density at radius 1 is 1.12 bits per heavy atom. The predicted octanol–water partition coefficient (Wildman–Crippen LogP) is 0.803. The van der Waals surface area contributed by atoms with Crippen LogP contribution in [0.15, 0.2) is 16.8 Å². The highest BCUT2D eigenvalue weighted by molar-refractivity contribution is 5.95. The van der Waals surface area contributed by atoms with E-state index >= 15 is 0 Å². The Morgan fingerprint density at radius 2 is 1.82 bits per heavy atom. The van der Waals surface area contributed by atoms with Crippen molar-refractivity contribution in [3.8, 4) is 0 Å². The third kappa shape index (κ3) is 2.31. The number of nitrogen functional groups attached to an aromatic ring is 1. The number of benzene rings is 1. The van der Waals surface area contributed by atoms with E-state index in [2.05, 4.69) is 20.1 Å². The number of anilines is 2. The van der Waals surface area contributed by atoms with Gasteiger partial charge in [-0.2, -0.15) is 0 Å². The van der Waals surface area contributed by atoms with E-state index in [4.69, 9.17) is 10.4 Å². The molecule has 0 aliphatic carbocycles. The van der Waals surface area contributed by atoms with Gasteiger partial charge in [-0.3, -0.25) is 0 Å². The van der Waals surface area contributed by atoms with Crippen LogP contribution < -0.4 is 10.6 Å². The highest BCUT2D eigenvalue weighted by atomic mass is 16.6. The van der Waals surface area contributed by atoms with Crippen LogP contribution in [0.5, 0.6) is 0 Å². The molecule has 2 rings (SSSR count). The van der Waals surface area contributed by atoms with Crippen LogP contribution in [0.1, 0.15) is 0 Å². The Balaban J connectivity index is 2.29. The molecule has 0 spiro atoms. The smallest absolute Gasteiger partial charge is 0.160 e. The molecule has 1 aromatic carbocycles. The average Bonchev–Trinajstić information content (AvgIpc) is 2.76. The first-order valence-electron chi connectivity index (χ1n) is 5.46. The molecule has 0 amide bonds. The summed E-state index contributed by atoms with van der Waals surface area (Å²) >= 11 is 0. The molecule has 0 unspecified atom stereocenters. The van der Waals surface area contributed by atoms with Crippen molar-refractivity contribution in [2.24, 2.45) is 0 Å². The molecule has 0 aliphatic rings. The zero-order valence-electron chi connectivity index (χ0n) is 10.3. The van der Waals surface area contributed by atoms with Crippen molar-refractivity contribution < 1.29 is 4.63 Å². The molecule has 17 heavy (non-hydrogen) atoms. The zero-order chi connectivity index (χ0) is 12.4. The molecule has 0 saturated heterocycles. The summed E-state index contributed by atoms with van der Waals surface area (Å²) in [6.07, 6.45) is 0. The van der Waals surface area contributed by atoms with Gasteiger partial charge in [0.2, 0.25) is 0 Å². The van der Waals surface area contributed by atoms with Crippen LogP contribution in [0, 0.1) is 0 Å². The van der Waals surface area contributed by atoms with E-state index in [-0.39, 0.29) is 0 Å². The lowest BCUT2D eigenvalue weighted by Crippen LogP contribution is -2.28. The maximum atomic E-state index is 5.80. The van der Waals surface area contributed by atoms with E-state index in [1.54, 1.807) is 0 Å². The summed E-state index contributed by atoms with van der Waals surface area (Å²) in [5.74, 6) is 0. The van der Waals surface area contributed by atoms with Crippen molar-refractivity contribution in [3.05, 3.63) is 12.1 Å². The summed E-state index contributed by atoms with van der Waals surface area (Å²) in [6, 6.07) is 3.77. The van der Waals surface area contributed by atoms with Gasteiger partial charge in [-0.1, -0.05) is 0 Å². The Labute approximate surface area is 99.9 Å². The number of rotatable bonds is 4. The Morgan fingerprint density at radius 3 is 2.53 bits per heavy atom. The molecular formula is C11H17N5O. The van der Waals surface area contributed by atoms with Crippen LogP contribution >= 0.6 is 0 Å². The first-order valence-corrected chi connectivity index (χ1v) is 5.46. The summed E-state index contributed by atoms with van der Waals surface area (Å²) in [7, 11) is 6.11. The summed E-state index contributed by atoms with van der Waals surface area (Å²) in [6.45, 7) is 1.87. The van der Waals surface area contributed by atoms with Gasteiger partial charge in [-0.05, 0) is 36.5 Å². The minimum Gasteiger partial charge on any atom is -0.397 e. The lowest BCUT2D eigenvalue weighted by atomic mass is 10.2. The fraction of sp³-hybridized carbons (Fsp3) is 0.455. The van der Waals surface area contributed by atoms with Gasteiger partial charge in [0.1, 0.15) is 0 Å². The van der Waals surface area contributed by atoms with E-state index in [9.17, 15) is 0 Å². The van der Waals surface area contributed by atoms with Gasteiger partial charge in [0, 0.05) is 20.1 Å². The average molecular weight is 235 g/mol. The molecule has 0 aliphatic heterocycles. The molecule has 92 valence electrons. The van der Waals surface area contributed by atoms with Crippen LogP contribution in [0.2, 0.25) is 0 Å². The van der Waals surface area contributed by atoms with Crippen LogP contribution in [0.25, 0.3) is 11.0 Å². The van der Waals surface area contributed by atoms with Gasteiger partial charge in [0.05, 0.1) is 11.4 Å². The number of hydrogen-bond donors (Lipinski definition) is 1. The predicted molar refractivity (Wildman–Crippen MR) is 68.0 cm³/mol. The van der Waals surface area contributed by atoms with Gasteiger partial charge in [0.15, 0.2) is 11.0 Å². The van der Waals surface area contributed by atoms with Crippen LogP contribution in [0.4, 0.5) is 11.4 Å². The SMILES string of the molecule is CN(C)CCN(C)c1ccc(N)c2nonc12. The largest absolute Gasteiger partial charge is 0.397 e. The van der Waals surface area contributed by atoms with Gasteiger partial charge >= 0.3 is 0 Å². The molecule has 2 aromatic rings. The summed E-state index contributed by atoms with van der Waals surface area (Å²) < 4.78 is 4.75. The van der Waals surface area contributed by atoms with E-state index in [1.165, 1.54) is 0 Å². The molecule has 6 nitrogen and oxygen atoms in total. The molecule has 0 fully saturated rings. The number of nitrogens with zero attached hydrogens (tertiary/aromatic N) is 4. The van der Waals surface area contributed by atoms with Crippen LogP contribution in [-0.4, -0.2) is 49.4 Å². The van der Waals surface area contributed by atoms with E-state index in [0.717, 1.165) is 18.8 Å². The first kappa shape index (κ1) is 11.7. The minimum absolute atomic E-state index is 0.589. The van der Waals surface area contributed by atoms with Crippen molar-refractivity contribution in [1.82, 2.24) is 15.2 Å². The standard InChI is InChI=1S/C11H17N5O/c1-15(2)6-7-16(3)9-5-4-8(12)10-11(9)14-17-13-10/h4-5H,6-7,12H2,1-3H3. The highest BCUT2D eigenvalue weighted by Gasteiger charge is 2.13. The lowest BCUT2D eigenvalue weighted by Gasteiger charge is -2.21. The van der Waals surface area contributed by atoms with E-state index < -0.39 is 0 Å². The van der Waals surface area contributed by atoms with Gasteiger partial charge in [-0.25, -0.2) is 4.63 Å². The van der Waals surface area contributed by atoms with E-state index in [1.807, 2.05) is 33.3 Å². The second kappa shape index (κ2) is 4.58. The molecule has 0 radical (unpaired) electrons.